The quantitative estimate of drug-likeness (QED) is 0.346. The Balaban J connectivity index is 3.47. The van der Waals surface area contributed by atoms with Crippen molar-refractivity contribution in [1.29, 1.82) is 0 Å². The summed E-state index contributed by atoms with van der Waals surface area (Å²) in [6, 6.07) is 0. The van der Waals surface area contributed by atoms with Gasteiger partial charge in [-0.2, -0.15) is 0 Å². The van der Waals surface area contributed by atoms with Gasteiger partial charge in [-0.15, -0.1) is 0 Å². The maximum absolute atomic E-state index is 2.61. The van der Waals surface area contributed by atoms with Crippen molar-refractivity contribution in [3.63, 3.8) is 0 Å². The van der Waals surface area contributed by atoms with E-state index in [-0.39, 0.29) is 43.3 Å². The van der Waals surface area contributed by atoms with Gasteiger partial charge in [0.2, 0.25) is 0 Å². The average molecular weight is 415 g/mol. The van der Waals surface area contributed by atoms with E-state index in [1.54, 1.807) is 22.3 Å². The van der Waals surface area contributed by atoms with E-state index < -0.39 is 0 Å². The predicted octanol–water partition coefficient (Wildman–Crippen LogP) is 9.86. The van der Waals surface area contributed by atoms with Crippen LogP contribution < -0.4 is 0 Å². The van der Waals surface area contributed by atoms with Crippen molar-refractivity contribution >= 4 is 0 Å². The van der Waals surface area contributed by atoms with E-state index in [1.165, 1.54) is 0 Å². The summed E-state index contributed by atoms with van der Waals surface area (Å²) in [5, 5.41) is 0. The highest BCUT2D eigenvalue weighted by molar-refractivity contribution is 5.44. The third kappa shape index (κ3) is 2.16. The van der Waals surface area contributed by atoms with Crippen molar-refractivity contribution in [3.8, 4) is 0 Å². The molecule has 174 valence electrons. The van der Waals surface area contributed by atoms with Crippen molar-refractivity contribution < 1.29 is 0 Å². The standard InChI is InChI=1S/C30H54/c1-19-21(3)29(17)24(7,8)20(2)22(4)30(18,25(9,10)23(19,5)6)28(15,16)26(11,12)27(29,13)14/h1-18H3/b21-19?,22-20-. The monoisotopic (exact) mass is 414 g/mol. The van der Waals surface area contributed by atoms with Crippen LogP contribution in [0.1, 0.15) is 125 Å². The predicted molar refractivity (Wildman–Crippen MR) is 136 cm³/mol. The Morgan fingerprint density at radius 3 is 1.00 bits per heavy atom. The SMILES string of the molecule is CC1=C(C)C2(C)C(C)(C)/C(C)=C(/C)C(C)(C(C)(C)C1(C)C)C(C)(C)C(C)(C)C2(C)C. The lowest BCUT2D eigenvalue weighted by molar-refractivity contribution is -0.194. The van der Waals surface area contributed by atoms with Gasteiger partial charge in [-0.1, -0.05) is 119 Å². The summed E-state index contributed by atoms with van der Waals surface area (Å²) >= 11 is 0. The molecule has 0 nitrogen and oxygen atoms in total. The highest BCUT2D eigenvalue weighted by Gasteiger charge is 2.72. The minimum absolute atomic E-state index is 0.0230. The summed E-state index contributed by atoms with van der Waals surface area (Å²) < 4.78 is 0. The molecule has 0 aromatic heterocycles. The first-order valence-electron chi connectivity index (χ1n) is 12.2. The Labute approximate surface area is 190 Å². The zero-order valence-corrected chi connectivity index (χ0v) is 24.0. The van der Waals surface area contributed by atoms with Gasteiger partial charge in [0.25, 0.3) is 0 Å². The summed E-state index contributed by atoms with van der Waals surface area (Å²) in [5.74, 6) is 0. The molecule has 0 fully saturated rings. The van der Waals surface area contributed by atoms with Crippen molar-refractivity contribution in [2.45, 2.75) is 125 Å². The fourth-order valence-corrected chi connectivity index (χ4v) is 8.62. The summed E-state index contributed by atoms with van der Waals surface area (Å²) in [4.78, 5) is 0. The van der Waals surface area contributed by atoms with E-state index in [0.29, 0.717) is 0 Å². The molecule has 0 amide bonds. The van der Waals surface area contributed by atoms with Crippen LogP contribution in [-0.2, 0) is 0 Å². The molecular weight excluding hydrogens is 360 g/mol. The molecule has 0 N–H and O–H groups in total. The first-order chi connectivity index (χ1) is 12.9. The van der Waals surface area contributed by atoms with E-state index in [4.69, 9.17) is 0 Å². The normalized spacial score (nSPS) is 41.0. The number of hydrogen-bond acceptors (Lipinski definition) is 0. The van der Waals surface area contributed by atoms with Gasteiger partial charge in [-0.05, 0) is 65.6 Å². The Kier molecular flexibility index (Phi) is 5.22. The second kappa shape index (κ2) is 6.08. The molecule has 30 heavy (non-hydrogen) atoms. The molecule has 0 spiro atoms. The second-order valence-corrected chi connectivity index (χ2v) is 14.5. The minimum Gasteiger partial charge on any atom is -0.0676 e. The molecule has 0 aliphatic heterocycles. The van der Waals surface area contributed by atoms with Crippen molar-refractivity contribution in [3.05, 3.63) is 22.3 Å². The fourth-order valence-electron chi connectivity index (χ4n) is 8.62. The lowest BCUT2D eigenvalue weighted by Gasteiger charge is -2.72. The van der Waals surface area contributed by atoms with Crippen molar-refractivity contribution in [1.82, 2.24) is 0 Å². The van der Waals surface area contributed by atoms with Gasteiger partial charge < -0.3 is 0 Å². The number of allylic oxidation sites excluding steroid dienone is 4. The lowest BCUT2D eigenvalue weighted by atomic mass is 9.32. The maximum Gasteiger partial charge on any atom is 0.00283 e. The highest BCUT2D eigenvalue weighted by Crippen LogP contribution is 2.79. The second-order valence-electron chi connectivity index (χ2n) is 14.5. The van der Waals surface area contributed by atoms with Gasteiger partial charge in [-0.3, -0.25) is 0 Å². The molecule has 2 bridgehead atoms. The van der Waals surface area contributed by atoms with Crippen molar-refractivity contribution in [2.24, 2.45) is 43.3 Å². The molecule has 0 radical (unpaired) electrons. The molecule has 3 aliphatic rings. The molecule has 0 aromatic carbocycles. The zero-order valence-electron chi connectivity index (χ0n) is 24.0. The Hall–Kier alpha value is -0.520. The van der Waals surface area contributed by atoms with E-state index in [0.717, 1.165) is 0 Å². The van der Waals surface area contributed by atoms with Crippen LogP contribution in [0.15, 0.2) is 22.3 Å². The molecule has 3 rings (SSSR count). The van der Waals surface area contributed by atoms with E-state index in [2.05, 4.69) is 125 Å². The maximum atomic E-state index is 2.61. The molecule has 3 aliphatic carbocycles. The van der Waals surface area contributed by atoms with Gasteiger partial charge >= 0.3 is 0 Å². The fraction of sp³-hybridized carbons (Fsp3) is 0.867. The van der Waals surface area contributed by atoms with Crippen molar-refractivity contribution in [2.75, 3.05) is 0 Å². The molecule has 0 aromatic rings. The highest BCUT2D eigenvalue weighted by atomic mass is 14.8. The van der Waals surface area contributed by atoms with Crippen LogP contribution in [0, 0.1) is 43.3 Å². The smallest absolute Gasteiger partial charge is 0.00283 e. The number of fused-ring (bicyclic) bond motifs is 5. The van der Waals surface area contributed by atoms with E-state index in [9.17, 15) is 0 Å². The minimum atomic E-state index is 0.0230. The van der Waals surface area contributed by atoms with Crippen LogP contribution in [0.4, 0.5) is 0 Å². The molecular formula is C30H54. The Morgan fingerprint density at radius 1 is 0.300 bits per heavy atom. The van der Waals surface area contributed by atoms with Crippen LogP contribution in [0.5, 0.6) is 0 Å². The van der Waals surface area contributed by atoms with E-state index in [1.807, 2.05) is 0 Å². The summed E-state index contributed by atoms with van der Waals surface area (Å²) in [7, 11) is 0. The Bertz CT molecular complexity index is 818. The molecule has 0 saturated heterocycles. The Morgan fingerprint density at radius 2 is 0.600 bits per heavy atom. The van der Waals surface area contributed by atoms with Crippen LogP contribution in [0.25, 0.3) is 0 Å². The summed E-state index contributed by atoms with van der Waals surface area (Å²) in [6.45, 7) is 45.7. The average Bonchev–Trinajstić information content (AvgIpc) is 2.61. The van der Waals surface area contributed by atoms with Gasteiger partial charge in [0.15, 0.2) is 0 Å². The molecule has 0 heteroatoms. The summed E-state index contributed by atoms with van der Waals surface area (Å²) in [6.07, 6.45) is 0. The lowest BCUT2D eigenvalue weighted by Crippen LogP contribution is -2.66. The first-order valence-corrected chi connectivity index (χ1v) is 12.2. The number of hydrogen-bond donors (Lipinski definition) is 0. The number of rotatable bonds is 0. The van der Waals surface area contributed by atoms with Gasteiger partial charge in [0.05, 0.1) is 0 Å². The van der Waals surface area contributed by atoms with Crippen LogP contribution in [-0.4, -0.2) is 0 Å². The third-order valence-electron chi connectivity index (χ3n) is 14.2. The van der Waals surface area contributed by atoms with Gasteiger partial charge in [-0.25, -0.2) is 0 Å². The summed E-state index contributed by atoms with van der Waals surface area (Å²) in [5.41, 5.74) is 6.93. The third-order valence-corrected chi connectivity index (χ3v) is 14.2. The van der Waals surface area contributed by atoms with Gasteiger partial charge in [0.1, 0.15) is 0 Å². The topological polar surface area (TPSA) is 0 Å². The molecule has 0 heterocycles. The van der Waals surface area contributed by atoms with Crippen LogP contribution in [0.2, 0.25) is 0 Å². The first kappa shape index (κ1) is 25.7. The molecule has 2 atom stereocenters. The largest absolute Gasteiger partial charge is 0.0676 e. The van der Waals surface area contributed by atoms with Crippen LogP contribution in [0.3, 0.4) is 0 Å². The molecule has 0 saturated carbocycles. The van der Waals surface area contributed by atoms with Crippen LogP contribution >= 0.6 is 0 Å². The zero-order chi connectivity index (χ0) is 24.3. The van der Waals surface area contributed by atoms with E-state index >= 15 is 0 Å². The van der Waals surface area contributed by atoms with Gasteiger partial charge in [0, 0.05) is 5.41 Å². The molecule has 2 unspecified atom stereocenters.